The molecule has 1 heterocycles. The van der Waals surface area contributed by atoms with Crippen molar-refractivity contribution in [2.75, 3.05) is 24.5 Å². The summed E-state index contributed by atoms with van der Waals surface area (Å²) < 4.78 is 69.5. The minimum absolute atomic E-state index is 0.0274. The maximum absolute atomic E-state index is 13.1. The van der Waals surface area contributed by atoms with Crippen LogP contribution in [0.1, 0.15) is 15.9 Å². The van der Waals surface area contributed by atoms with Crippen LogP contribution in [0.5, 0.6) is 5.75 Å². The van der Waals surface area contributed by atoms with Gasteiger partial charge in [-0.1, -0.05) is 18.2 Å². The van der Waals surface area contributed by atoms with E-state index in [0.29, 0.717) is 12.1 Å². The molecule has 0 spiro atoms. The lowest BCUT2D eigenvalue weighted by molar-refractivity contribution is -0.123. The van der Waals surface area contributed by atoms with E-state index < -0.39 is 28.7 Å². The predicted octanol–water partition coefficient (Wildman–Crippen LogP) is 2.74. The summed E-state index contributed by atoms with van der Waals surface area (Å²) in [6.07, 6.45) is -4.05. The Kier molecular flexibility index (Phi) is 5.24. The first-order chi connectivity index (χ1) is 13.1. The van der Waals surface area contributed by atoms with Gasteiger partial charge in [0.15, 0.2) is 0 Å². The van der Waals surface area contributed by atoms with Crippen molar-refractivity contribution in [1.82, 2.24) is 5.32 Å². The first-order valence-corrected chi connectivity index (χ1v) is 9.71. The summed E-state index contributed by atoms with van der Waals surface area (Å²) in [5.74, 6) is -1.10. The van der Waals surface area contributed by atoms with Gasteiger partial charge in [-0.05, 0) is 36.2 Å². The SMILES string of the molecule is COc1ccc(S(=O)(=O)N2CCc3ccccc32)cc1C(=O)NCC(F)(F)F. The van der Waals surface area contributed by atoms with Gasteiger partial charge in [0.2, 0.25) is 0 Å². The molecule has 0 aromatic heterocycles. The van der Waals surface area contributed by atoms with E-state index in [9.17, 15) is 26.4 Å². The lowest BCUT2D eigenvalue weighted by Gasteiger charge is -2.20. The Morgan fingerprint density at radius 2 is 1.93 bits per heavy atom. The van der Waals surface area contributed by atoms with Crippen LogP contribution in [0.15, 0.2) is 47.4 Å². The molecule has 150 valence electrons. The predicted molar refractivity (Wildman–Crippen MR) is 96.1 cm³/mol. The zero-order chi connectivity index (χ0) is 20.5. The fourth-order valence-electron chi connectivity index (χ4n) is 2.99. The molecule has 1 aliphatic rings. The van der Waals surface area contributed by atoms with Gasteiger partial charge < -0.3 is 10.1 Å². The zero-order valence-electron chi connectivity index (χ0n) is 14.8. The molecule has 0 aliphatic carbocycles. The van der Waals surface area contributed by atoms with Crippen molar-refractivity contribution in [1.29, 1.82) is 0 Å². The second kappa shape index (κ2) is 7.34. The van der Waals surface area contributed by atoms with Gasteiger partial charge in [0.1, 0.15) is 12.3 Å². The number of hydrogen-bond acceptors (Lipinski definition) is 4. The van der Waals surface area contributed by atoms with Crippen LogP contribution in [0.25, 0.3) is 0 Å². The van der Waals surface area contributed by atoms with Crippen LogP contribution < -0.4 is 14.4 Å². The summed E-state index contributed by atoms with van der Waals surface area (Å²) in [5, 5.41) is 1.73. The van der Waals surface area contributed by atoms with Gasteiger partial charge in [-0.15, -0.1) is 0 Å². The molecule has 2 aromatic rings. The number of para-hydroxylation sites is 1. The summed E-state index contributed by atoms with van der Waals surface area (Å²) >= 11 is 0. The number of rotatable bonds is 5. The van der Waals surface area contributed by atoms with Crippen LogP contribution in [-0.2, 0) is 16.4 Å². The number of carbonyl (C=O) groups is 1. The van der Waals surface area contributed by atoms with E-state index in [-0.39, 0.29) is 22.8 Å². The van der Waals surface area contributed by atoms with Crippen LogP contribution in [0.4, 0.5) is 18.9 Å². The quantitative estimate of drug-likeness (QED) is 0.817. The molecule has 3 rings (SSSR count). The van der Waals surface area contributed by atoms with E-state index in [1.165, 1.54) is 23.5 Å². The van der Waals surface area contributed by atoms with Gasteiger partial charge in [-0.25, -0.2) is 8.42 Å². The van der Waals surface area contributed by atoms with Crippen molar-refractivity contribution in [3.05, 3.63) is 53.6 Å². The molecule has 10 heteroatoms. The maximum Gasteiger partial charge on any atom is 0.405 e. The molecule has 0 radical (unpaired) electrons. The Morgan fingerprint density at radius 1 is 1.21 bits per heavy atom. The van der Waals surface area contributed by atoms with Gasteiger partial charge in [-0.3, -0.25) is 9.10 Å². The lowest BCUT2D eigenvalue weighted by Crippen LogP contribution is -2.34. The number of sulfonamides is 1. The third-order valence-electron chi connectivity index (χ3n) is 4.30. The topological polar surface area (TPSA) is 75.7 Å². The molecule has 0 saturated heterocycles. The Labute approximate surface area is 160 Å². The zero-order valence-corrected chi connectivity index (χ0v) is 15.6. The van der Waals surface area contributed by atoms with E-state index in [4.69, 9.17) is 4.74 Å². The lowest BCUT2D eigenvalue weighted by atomic mass is 10.2. The van der Waals surface area contributed by atoms with Crippen molar-refractivity contribution in [2.45, 2.75) is 17.5 Å². The van der Waals surface area contributed by atoms with Crippen molar-refractivity contribution in [2.24, 2.45) is 0 Å². The smallest absolute Gasteiger partial charge is 0.405 e. The maximum atomic E-state index is 13.1. The number of carbonyl (C=O) groups excluding carboxylic acids is 1. The first kappa shape index (κ1) is 20.0. The number of amides is 1. The van der Waals surface area contributed by atoms with Gasteiger partial charge in [-0.2, -0.15) is 13.2 Å². The van der Waals surface area contributed by atoms with Crippen LogP contribution in [0, 0.1) is 0 Å². The summed E-state index contributed by atoms with van der Waals surface area (Å²) in [7, 11) is -2.76. The highest BCUT2D eigenvalue weighted by Gasteiger charge is 2.32. The number of fused-ring (bicyclic) bond motifs is 1. The third kappa shape index (κ3) is 3.91. The van der Waals surface area contributed by atoms with Crippen LogP contribution in [0.3, 0.4) is 0 Å². The first-order valence-electron chi connectivity index (χ1n) is 8.27. The van der Waals surface area contributed by atoms with E-state index in [0.717, 1.165) is 11.6 Å². The van der Waals surface area contributed by atoms with Gasteiger partial charge in [0, 0.05) is 6.54 Å². The summed E-state index contributed by atoms with van der Waals surface area (Å²) in [5.41, 5.74) is 1.13. The molecular formula is C18H17F3N2O4S. The Morgan fingerprint density at radius 3 is 2.61 bits per heavy atom. The second-order valence-electron chi connectivity index (χ2n) is 6.12. The summed E-state index contributed by atoms with van der Waals surface area (Å²) in [4.78, 5) is 12.0. The number of nitrogens with one attached hydrogen (secondary N) is 1. The van der Waals surface area contributed by atoms with Crippen molar-refractivity contribution in [3.63, 3.8) is 0 Å². The Balaban J connectivity index is 1.96. The number of ether oxygens (including phenoxy) is 1. The number of halogens is 3. The van der Waals surface area contributed by atoms with Gasteiger partial charge in [0.05, 0.1) is 23.3 Å². The van der Waals surface area contributed by atoms with E-state index in [2.05, 4.69) is 0 Å². The molecule has 2 aromatic carbocycles. The highest BCUT2D eigenvalue weighted by Crippen LogP contribution is 2.34. The molecule has 1 N–H and O–H groups in total. The number of methoxy groups -OCH3 is 1. The average molecular weight is 414 g/mol. The van der Waals surface area contributed by atoms with E-state index in [1.54, 1.807) is 17.4 Å². The number of benzene rings is 2. The molecule has 0 fully saturated rings. The molecule has 1 aliphatic heterocycles. The molecule has 28 heavy (non-hydrogen) atoms. The van der Waals surface area contributed by atoms with Crippen LogP contribution in [0.2, 0.25) is 0 Å². The van der Waals surface area contributed by atoms with Crippen molar-refractivity contribution >= 4 is 21.6 Å². The molecule has 1 amide bonds. The van der Waals surface area contributed by atoms with Crippen molar-refractivity contribution < 1.29 is 31.1 Å². The largest absolute Gasteiger partial charge is 0.496 e. The number of hydrogen-bond donors (Lipinski definition) is 1. The fraction of sp³-hybridized carbons (Fsp3) is 0.278. The molecule has 0 atom stereocenters. The van der Waals surface area contributed by atoms with Gasteiger partial charge >= 0.3 is 6.18 Å². The molecule has 0 unspecified atom stereocenters. The third-order valence-corrected chi connectivity index (χ3v) is 6.11. The standard InChI is InChI=1S/C18H17F3N2O4S/c1-27-16-7-6-13(10-14(16)17(24)22-11-18(19,20)21)28(25,26)23-9-8-12-4-2-3-5-15(12)23/h2-7,10H,8-9,11H2,1H3,(H,22,24). The second-order valence-corrected chi connectivity index (χ2v) is 7.98. The van der Waals surface area contributed by atoms with Crippen LogP contribution >= 0.6 is 0 Å². The minimum Gasteiger partial charge on any atom is -0.496 e. The molecular weight excluding hydrogens is 397 g/mol. The number of alkyl halides is 3. The normalized spacial score (nSPS) is 13.9. The summed E-state index contributed by atoms with van der Waals surface area (Å²) in [6.45, 7) is -1.30. The van der Waals surface area contributed by atoms with Crippen molar-refractivity contribution in [3.8, 4) is 5.75 Å². The number of anilines is 1. The highest BCUT2D eigenvalue weighted by atomic mass is 32.2. The number of nitrogens with zero attached hydrogens (tertiary/aromatic N) is 1. The molecule has 0 saturated carbocycles. The molecule has 0 bridgehead atoms. The minimum atomic E-state index is -4.59. The monoisotopic (exact) mass is 414 g/mol. The Hall–Kier alpha value is -2.75. The highest BCUT2D eigenvalue weighted by molar-refractivity contribution is 7.92. The fourth-order valence-corrected chi connectivity index (χ4v) is 4.52. The van der Waals surface area contributed by atoms with E-state index >= 15 is 0 Å². The molecule has 6 nitrogen and oxygen atoms in total. The average Bonchev–Trinajstić information content (AvgIpc) is 3.10. The summed E-state index contributed by atoms with van der Waals surface area (Å²) in [6, 6.07) is 10.6. The Bertz CT molecular complexity index is 1010. The van der Waals surface area contributed by atoms with Crippen LogP contribution in [-0.4, -0.2) is 40.7 Å². The van der Waals surface area contributed by atoms with E-state index in [1.807, 2.05) is 12.1 Å². The van der Waals surface area contributed by atoms with Gasteiger partial charge in [0.25, 0.3) is 15.9 Å².